The van der Waals surface area contributed by atoms with Gasteiger partial charge in [-0.3, -0.25) is 4.79 Å². The molecule has 1 aliphatic rings. The van der Waals surface area contributed by atoms with Gasteiger partial charge >= 0.3 is 6.18 Å². The van der Waals surface area contributed by atoms with E-state index in [-0.39, 0.29) is 11.9 Å². The molecule has 1 amide bonds. The fourth-order valence-electron chi connectivity index (χ4n) is 3.29. The second-order valence-corrected chi connectivity index (χ2v) is 9.11. The molecule has 33 heavy (non-hydrogen) atoms. The zero-order valence-electron chi connectivity index (χ0n) is 18.2. The summed E-state index contributed by atoms with van der Waals surface area (Å²) in [6, 6.07) is 5.16. The molecule has 1 saturated heterocycles. The van der Waals surface area contributed by atoms with Crippen molar-refractivity contribution in [3.8, 4) is 10.6 Å². The number of likely N-dealkylation sites (N-methyl/N-ethyl adjacent to an activating group) is 1. The van der Waals surface area contributed by atoms with Crippen LogP contribution < -0.4 is 10.2 Å². The first-order chi connectivity index (χ1) is 15.6. The molecule has 11 heteroatoms. The van der Waals surface area contributed by atoms with Crippen LogP contribution in [0.15, 0.2) is 36.8 Å². The minimum Gasteiger partial charge on any atom is -0.377 e. The van der Waals surface area contributed by atoms with E-state index in [2.05, 4.69) is 25.2 Å². The zero-order valence-corrected chi connectivity index (χ0v) is 19.0. The summed E-state index contributed by atoms with van der Waals surface area (Å²) < 4.78 is 43.4. The molecule has 3 aromatic rings. The number of halogens is 3. The van der Waals surface area contributed by atoms with Gasteiger partial charge in [-0.25, -0.2) is 15.0 Å². The van der Waals surface area contributed by atoms with Gasteiger partial charge < -0.3 is 15.0 Å². The smallest absolute Gasteiger partial charge is 0.377 e. The molecule has 7 nitrogen and oxygen atoms in total. The van der Waals surface area contributed by atoms with Crippen LogP contribution in [0.1, 0.15) is 39.6 Å². The molecule has 174 valence electrons. The van der Waals surface area contributed by atoms with E-state index in [4.69, 9.17) is 4.74 Å². The summed E-state index contributed by atoms with van der Waals surface area (Å²) in [5.41, 5.74) is 2.45. The Bertz CT molecular complexity index is 1150. The maximum absolute atomic E-state index is 13.1. The van der Waals surface area contributed by atoms with Crippen LogP contribution in [0.3, 0.4) is 0 Å². The van der Waals surface area contributed by atoms with E-state index in [9.17, 15) is 18.0 Å². The predicted octanol–water partition coefficient (Wildman–Crippen LogP) is 4.25. The number of nitrogens with one attached hydrogen (secondary N) is 1. The van der Waals surface area contributed by atoms with Crippen molar-refractivity contribution in [2.75, 3.05) is 25.2 Å². The average molecular weight is 478 g/mol. The van der Waals surface area contributed by atoms with Crippen LogP contribution >= 0.6 is 11.3 Å². The van der Waals surface area contributed by atoms with Gasteiger partial charge in [0.05, 0.1) is 25.3 Å². The number of carbonyl (C=O) groups is 1. The number of hydrogen-bond acceptors (Lipinski definition) is 7. The fraction of sp³-hybridized carbons (Fsp3) is 0.364. The van der Waals surface area contributed by atoms with Crippen LogP contribution in [0, 0.1) is 6.92 Å². The van der Waals surface area contributed by atoms with Crippen LogP contribution in [0.4, 0.5) is 18.9 Å². The Hall–Kier alpha value is -3.05. The van der Waals surface area contributed by atoms with Gasteiger partial charge in [0, 0.05) is 52.9 Å². The molecule has 0 bridgehead atoms. The van der Waals surface area contributed by atoms with Crippen molar-refractivity contribution < 1.29 is 22.7 Å². The number of carbonyl (C=O) groups excluding carboxylic acids is 1. The number of ether oxygens (including phenoxy) is 1. The number of aryl methyl sites for hydroxylation is 1. The number of hydrogen-bond donors (Lipinski definition) is 1. The monoisotopic (exact) mass is 477 g/mol. The minimum atomic E-state index is -4.62. The van der Waals surface area contributed by atoms with E-state index in [0.29, 0.717) is 24.3 Å². The van der Waals surface area contributed by atoms with Gasteiger partial charge in [0.1, 0.15) is 5.01 Å². The summed E-state index contributed by atoms with van der Waals surface area (Å²) in [6.45, 7) is 4.86. The van der Waals surface area contributed by atoms with E-state index < -0.39 is 18.0 Å². The molecular formula is C22H22F3N5O2S. The van der Waals surface area contributed by atoms with Crippen molar-refractivity contribution in [1.29, 1.82) is 0 Å². The number of thiazole rings is 1. The van der Waals surface area contributed by atoms with Crippen LogP contribution in [-0.4, -0.2) is 47.2 Å². The topological polar surface area (TPSA) is 80.2 Å². The van der Waals surface area contributed by atoms with E-state index in [0.717, 1.165) is 33.5 Å². The third kappa shape index (κ3) is 5.14. The Labute approximate surface area is 192 Å². The van der Waals surface area contributed by atoms with E-state index in [1.807, 2.05) is 20.0 Å². The second-order valence-electron chi connectivity index (χ2n) is 7.88. The van der Waals surface area contributed by atoms with E-state index in [1.54, 1.807) is 25.3 Å². The summed E-state index contributed by atoms with van der Waals surface area (Å²) in [4.78, 5) is 27.4. The summed E-state index contributed by atoms with van der Waals surface area (Å²) in [6.07, 6.45) is -0.688. The van der Waals surface area contributed by atoms with Gasteiger partial charge in [-0.2, -0.15) is 13.2 Å². The largest absolute Gasteiger partial charge is 0.451 e. The Kier molecular flexibility index (Phi) is 6.35. The fourth-order valence-corrected chi connectivity index (χ4v) is 4.04. The third-order valence-corrected chi connectivity index (χ3v) is 6.36. The van der Waals surface area contributed by atoms with Gasteiger partial charge in [0.25, 0.3) is 5.91 Å². The molecule has 0 spiro atoms. The number of anilines is 1. The molecule has 0 aliphatic carbocycles. The molecule has 3 heterocycles. The van der Waals surface area contributed by atoms with Crippen molar-refractivity contribution in [1.82, 2.24) is 20.3 Å². The summed E-state index contributed by atoms with van der Waals surface area (Å²) >= 11 is 1.53. The van der Waals surface area contributed by atoms with Crippen LogP contribution in [0.25, 0.3) is 10.6 Å². The quantitative estimate of drug-likeness (QED) is 0.572. The molecule has 0 unspecified atom stereocenters. The Balaban J connectivity index is 1.59. The lowest BCUT2D eigenvalue weighted by molar-refractivity contribution is -0.145. The Morgan fingerprint density at radius 3 is 2.42 bits per heavy atom. The lowest BCUT2D eigenvalue weighted by Crippen LogP contribution is -2.47. The summed E-state index contributed by atoms with van der Waals surface area (Å²) in [7, 11) is 1.95. The predicted molar refractivity (Wildman–Crippen MR) is 118 cm³/mol. The molecule has 1 N–H and O–H groups in total. The van der Waals surface area contributed by atoms with Gasteiger partial charge in [-0.1, -0.05) is 0 Å². The van der Waals surface area contributed by atoms with Crippen LogP contribution in [-0.2, 0) is 10.9 Å². The highest BCUT2D eigenvalue weighted by Crippen LogP contribution is 2.31. The van der Waals surface area contributed by atoms with Crippen molar-refractivity contribution in [3.05, 3.63) is 58.6 Å². The average Bonchev–Trinajstić information content (AvgIpc) is 3.18. The molecular weight excluding hydrogens is 455 g/mol. The van der Waals surface area contributed by atoms with Crippen LogP contribution in [0.2, 0.25) is 0 Å². The van der Waals surface area contributed by atoms with E-state index in [1.165, 1.54) is 11.3 Å². The molecule has 4 rings (SSSR count). The Morgan fingerprint density at radius 2 is 1.88 bits per heavy atom. The zero-order chi connectivity index (χ0) is 23.8. The Morgan fingerprint density at radius 1 is 1.18 bits per heavy atom. The van der Waals surface area contributed by atoms with Crippen molar-refractivity contribution in [2.45, 2.75) is 32.1 Å². The highest BCUT2D eigenvalue weighted by atomic mass is 32.1. The first-order valence-corrected chi connectivity index (χ1v) is 11.0. The first-order valence-electron chi connectivity index (χ1n) is 10.2. The van der Waals surface area contributed by atoms with Gasteiger partial charge in [-0.15, -0.1) is 11.3 Å². The number of benzene rings is 1. The van der Waals surface area contributed by atoms with Gasteiger partial charge in [0.2, 0.25) is 5.82 Å². The summed E-state index contributed by atoms with van der Waals surface area (Å²) in [5, 5.41) is 3.61. The van der Waals surface area contributed by atoms with Crippen molar-refractivity contribution in [3.63, 3.8) is 0 Å². The second kappa shape index (κ2) is 9.06. The number of aromatic nitrogens is 3. The minimum absolute atomic E-state index is 0.220. The maximum atomic E-state index is 13.1. The number of nitrogens with zero attached hydrogens (tertiary/aromatic N) is 4. The molecule has 1 aliphatic heterocycles. The van der Waals surface area contributed by atoms with Gasteiger partial charge in [-0.05, 0) is 32.0 Å². The molecule has 2 aromatic heterocycles. The molecule has 1 aromatic carbocycles. The number of rotatable bonds is 6. The molecule has 0 radical (unpaired) electrons. The number of alkyl halides is 3. The highest BCUT2D eigenvalue weighted by Gasteiger charge is 2.34. The van der Waals surface area contributed by atoms with Crippen LogP contribution in [0.5, 0.6) is 0 Å². The van der Waals surface area contributed by atoms with Crippen molar-refractivity contribution in [2.24, 2.45) is 0 Å². The standard InChI is InChI=1S/C22H22F3N5O2S/c1-12-7-26-20(33-12)15-4-14(5-17(6-15)30(3)18-10-32-11-18)19(31)29-13(2)16-8-27-21(28-9-16)22(23,24)25/h4-9,13,18H,10-11H2,1-3H3,(H,29,31)/t13-/m1/s1. The number of amides is 1. The molecule has 1 fully saturated rings. The lowest BCUT2D eigenvalue weighted by Gasteiger charge is -2.36. The SMILES string of the molecule is Cc1cnc(-c2cc(C(=O)N[C@H](C)c3cnc(C(F)(F)F)nc3)cc(N(C)C3COC3)c2)s1. The first kappa shape index (κ1) is 23.1. The molecule has 1 atom stereocenters. The maximum Gasteiger partial charge on any atom is 0.451 e. The normalized spacial score (nSPS) is 15.1. The van der Waals surface area contributed by atoms with E-state index >= 15 is 0 Å². The summed E-state index contributed by atoms with van der Waals surface area (Å²) in [5.74, 6) is -1.58. The van der Waals surface area contributed by atoms with Gasteiger partial charge in [0.15, 0.2) is 0 Å². The van der Waals surface area contributed by atoms with Crippen molar-refractivity contribution >= 4 is 22.9 Å². The molecule has 0 saturated carbocycles. The highest BCUT2D eigenvalue weighted by molar-refractivity contribution is 7.14. The lowest BCUT2D eigenvalue weighted by atomic mass is 10.1. The third-order valence-electron chi connectivity index (χ3n) is 5.40.